The lowest BCUT2D eigenvalue weighted by Gasteiger charge is -2.31. The highest BCUT2D eigenvalue weighted by atomic mass is 16.4. The van der Waals surface area contributed by atoms with Crippen LogP contribution >= 0.6 is 0 Å². The Labute approximate surface area is 408 Å². The molecule has 0 radical (unpaired) electrons. The molecule has 70 heavy (non-hydrogen) atoms. The molecule has 0 bridgehead atoms. The van der Waals surface area contributed by atoms with Crippen molar-refractivity contribution >= 4 is 58.3 Å². The fourth-order valence-corrected chi connectivity index (χ4v) is 8.58. The summed E-state index contributed by atoms with van der Waals surface area (Å²) in [5.41, 5.74) is 20.7. The average molecular weight is 964 g/mol. The van der Waals surface area contributed by atoms with E-state index in [-0.39, 0.29) is 69.9 Å². The molecule has 6 amide bonds. The zero-order valence-corrected chi connectivity index (χ0v) is 40.4. The summed E-state index contributed by atoms with van der Waals surface area (Å²) in [5, 5.41) is 24.8. The first-order chi connectivity index (χ1) is 33.4. The second-order valence-electron chi connectivity index (χ2n) is 18.6. The number of H-pyrrole nitrogens is 1. The number of carbonyl (C=O) groups is 7. The van der Waals surface area contributed by atoms with E-state index in [4.69, 9.17) is 17.2 Å². The second-order valence-corrected chi connectivity index (χ2v) is 18.6. The van der Waals surface area contributed by atoms with Gasteiger partial charge in [0.15, 0.2) is 5.96 Å². The largest absolute Gasteiger partial charge is 0.480 e. The van der Waals surface area contributed by atoms with E-state index in [0.29, 0.717) is 17.5 Å². The number of amides is 6. The predicted molar refractivity (Wildman–Crippen MR) is 266 cm³/mol. The monoisotopic (exact) mass is 964 g/mol. The number of benzene rings is 3. The minimum atomic E-state index is -1.27. The highest BCUT2D eigenvalue weighted by molar-refractivity contribution is 5.97. The number of aromatic nitrogens is 1. The molecule has 4 aromatic rings. The number of rotatable bonds is 25. The fraction of sp³-hybridized carbons (Fsp3) is 0.451. The molecule has 376 valence electrons. The maximum atomic E-state index is 14.6. The molecular formula is C51H69N11O8. The van der Waals surface area contributed by atoms with E-state index in [0.717, 1.165) is 16.5 Å². The Kier molecular flexibility index (Phi) is 19.9. The highest BCUT2D eigenvalue weighted by Gasteiger charge is 2.40. The number of hydrogen-bond donors (Lipinski definition) is 10. The van der Waals surface area contributed by atoms with Crippen molar-refractivity contribution < 1.29 is 38.7 Å². The summed E-state index contributed by atoms with van der Waals surface area (Å²) in [6.45, 7) is 7.51. The van der Waals surface area contributed by atoms with Crippen molar-refractivity contribution in [1.29, 1.82) is 0 Å². The van der Waals surface area contributed by atoms with Crippen molar-refractivity contribution in [3.63, 3.8) is 0 Å². The van der Waals surface area contributed by atoms with Crippen molar-refractivity contribution in [2.45, 2.75) is 121 Å². The lowest BCUT2D eigenvalue weighted by atomic mass is 9.99. The Morgan fingerprint density at radius 3 is 1.90 bits per heavy atom. The normalized spacial score (nSPS) is 16.0. The first kappa shape index (κ1) is 53.7. The number of carbonyl (C=O) groups excluding carboxylic acids is 6. The third-order valence-corrected chi connectivity index (χ3v) is 12.2. The molecule has 1 aliphatic rings. The number of aliphatic imine (C=N–C) groups is 1. The molecule has 2 heterocycles. The number of nitrogens with one attached hydrogen (secondary N) is 6. The van der Waals surface area contributed by atoms with Gasteiger partial charge >= 0.3 is 5.97 Å². The van der Waals surface area contributed by atoms with E-state index < -0.39 is 89.6 Å². The number of aromatic amines is 1. The maximum absolute atomic E-state index is 14.6. The third kappa shape index (κ3) is 15.6. The zero-order chi connectivity index (χ0) is 50.9. The topological polar surface area (TPSA) is 309 Å². The van der Waals surface area contributed by atoms with Gasteiger partial charge in [0.2, 0.25) is 35.4 Å². The van der Waals surface area contributed by atoms with Gasteiger partial charge in [0.05, 0.1) is 6.04 Å². The zero-order valence-electron chi connectivity index (χ0n) is 40.4. The van der Waals surface area contributed by atoms with Crippen LogP contribution in [0.5, 0.6) is 0 Å². The summed E-state index contributed by atoms with van der Waals surface area (Å²) in [5.74, 6) is -5.65. The molecule has 0 aliphatic carbocycles. The Morgan fingerprint density at radius 1 is 0.714 bits per heavy atom. The van der Waals surface area contributed by atoms with Crippen LogP contribution in [0, 0.1) is 11.8 Å². The first-order valence-electron chi connectivity index (χ1n) is 23.9. The molecule has 0 spiro atoms. The first-order valence-corrected chi connectivity index (χ1v) is 23.9. The number of hydrogen-bond acceptors (Lipinski definition) is 9. The van der Waals surface area contributed by atoms with Gasteiger partial charge in [0, 0.05) is 43.0 Å². The van der Waals surface area contributed by atoms with Gasteiger partial charge in [-0.25, -0.2) is 4.79 Å². The molecule has 1 aliphatic heterocycles. The lowest BCUT2D eigenvalue weighted by molar-refractivity contribution is -0.144. The van der Waals surface area contributed by atoms with Crippen molar-refractivity contribution in [2.24, 2.45) is 34.0 Å². The molecule has 1 fully saturated rings. The predicted octanol–water partition coefficient (Wildman–Crippen LogP) is 1.78. The summed E-state index contributed by atoms with van der Waals surface area (Å²) >= 11 is 0. The number of fused-ring (bicyclic) bond motifs is 1. The van der Waals surface area contributed by atoms with Crippen LogP contribution in [-0.4, -0.2) is 118 Å². The molecule has 0 saturated carbocycles. The van der Waals surface area contributed by atoms with Crippen LogP contribution in [-0.2, 0) is 52.8 Å². The van der Waals surface area contributed by atoms with Gasteiger partial charge < -0.3 is 58.8 Å². The molecule has 5 rings (SSSR count). The number of nitrogens with two attached hydrogens (primary N) is 3. The van der Waals surface area contributed by atoms with Crippen molar-refractivity contribution in [1.82, 2.24) is 36.5 Å². The molecule has 3 aromatic carbocycles. The van der Waals surface area contributed by atoms with Crippen LogP contribution < -0.4 is 43.8 Å². The molecule has 19 heteroatoms. The minimum absolute atomic E-state index is 0.0225. The third-order valence-electron chi connectivity index (χ3n) is 12.2. The number of carboxylic acid groups (broad SMARTS) is 1. The summed E-state index contributed by atoms with van der Waals surface area (Å²) in [4.78, 5) is 106. The van der Waals surface area contributed by atoms with Crippen molar-refractivity contribution in [2.75, 3.05) is 13.1 Å². The average Bonchev–Trinajstić information content (AvgIpc) is 3.99. The number of aliphatic carboxylic acids is 1. The maximum Gasteiger partial charge on any atom is 0.326 e. The van der Waals surface area contributed by atoms with Crippen LogP contribution in [0.4, 0.5) is 0 Å². The SMILES string of the molecule is CC(C)C[C@H](NC(=O)[C@@H](N)Cc1c[nH]c2ccccc12)C(=O)N[C@@H](Cc1ccccc1)C(=O)N[C@@H](CCCN=C(N)N)C(=O)N1CCC[C@H]1C(=O)N[C@H](C(=O)N[C@@H](Cc1ccccc1)C(=O)O)C(C)C. The van der Waals surface area contributed by atoms with Gasteiger partial charge in [-0.1, -0.05) is 107 Å². The van der Waals surface area contributed by atoms with Gasteiger partial charge in [-0.3, -0.25) is 33.8 Å². The Balaban J connectivity index is 1.33. The van der Waals surface area contributed by atoms with Gasteiger partial charge in [-0.15, -0.1) is 0 Å². The van der Waals surface area contributed by atoms with Crippen LogP contribution in [0.3, 0.4) is 0 Å². The fourth-order valence-electron chi connectivity index (χ4n) is 8.58. The van der Waals surface area contributed by atoms with E-state index in [2.05, 4.69) is 36.6 Å². The van der Waals surface area contributed by atoms with Gasteiger partial charge in [0.25, 0.3) is 0 Å². The molecule has 1 saturated heterocycles. The molecule has 0 unspecified atom stereocenters. The van der Waals surface area contributed by atoms with Crippen molar-refractivity contribution in [3.8, 4) is 0 Å². The van der Waals surface area contributed by atoms with E-state index >= 15 is 0 Å². The van der Waals surface area contributed by atoms with Crippen LogP contribution in [0.15, 0.2) is 96.1 Å². The Hall–Kier alpha value is -7.28. The standard InChI is InChI=1S/C51H69N11O8/c1-30(2)25-39(58-44(63)36(52)28-34-29-56-37-20-12-11-19-35(34)37)45(64)59-40(26-32-15-7-5-8-16-32)46(65)57-38(21-13-23-55-51(53)54)49(68)62-24-14-22-42(62)47(66)61-43(31(3)4)48(67)60-41(50(69)70)27-33-17-9-6-10-18-33/h5-12,15-20,29-31,36,38-43,56H,13-14,21-28,52H2,1-4H3,(H,57,65)(H,58,63)(H,59,64)(H,60,67)(H,61,66)(H,69,70)(H4,53,54,55)/t36-,38-,39-,40-,41-,42-,43-/m0/s1. The smallest absolute Gasteiger partial charge is 0.326 e. The summed E-state index contributed by atoms with van der Waals surface area (Å²) < 4.78 is 0. The van der Waals surface area contributed by atoms with Gasteiger partial charge in [-0.2, -0.15) is 0 Å². The Morgan fingerprint density at radius 2 is 1.29 bits per heavy atom. The van der Waals surface area contributed by atoms with Crippen molar-refractivity contribution in [3.05, 3.63) is 108 Å². The van der Waals surface area contributed by atoms with E-state index in [9.17, 15) is 38.7 Å². The molecule has 13 N–H and O–H groups in total. The Bertz CT molecular complexity index is 2440. The molecule has 7 atom stereocenters. The summed E-state index contributed by atoms with van der Waals surface area (Å²) in [7, 11) is 0. The number of carboxylic acids is 1. The van der Waals surface area contributed by atoms with Crippen LogP contribution in [0.25, 0.3) is 10.9 Å². The number of likely N-dealkylation sites (tertiary alicyclic amines) is 1. The quantitative estimate of drug-likeness (QED) is 0.0259. The summed E-state index contributed by atoms with van der Waals surface area (Å²) in [6, 6.07) is 17.5. The molecular weight excluding hydrogens is 895 g/mol. The minimum Gasteiger partial charge on any atom is -0.480 e. The highest BCUT2D eigenvalue weighted by Crippen LogP contribution is 2.22. The van der Waals surface area contributed by atoms with E-state index in [1.54, 1.807) is 74.6 Å². The number of nitrogens with zero attached hydrogens (tertiary/aromatic N) is 2. The van der Waals surface area contributed by atoms with Gasteiger partial charge in [-0.05, 0) is 73.1 Å². The van der Waals surface area contributed by atoms with Gasteiger partial charge in [0.1, 0.15) is 36.3 Å². The van der Waals surface area contributed by atoms with E-state index in [1.165, 1.54) is 4.90 Å². The number of guanidine groups is 1. The lowest BCUT2D eigenvalue weighted by Crippen LogP contribution is -2.60. The molecule has 1 aromatic heterocycles. The molecule has 19 nitrogen and oxygen atoms in total. The van der Waals surface area contributed by atoms with Crippen LogP contribution in [0.2, 0.25) is 0 Å². The van der Waals surface area contributed by atoms with Crippen LogP contribution in [0.1, 0.15) is 76.5 Å². The number of para-hydroxylation sites is 1. The second kappa shape index (κ2) is 25.9. The summed E-state index contributed by atoms with van der Waals surface area (Å²) in [6.07, 6.45) is 3.28. The van der Waals surface area contributed by atoms with E-state index in [1.807, 2.05) is 44.2 Å².